The molecule has 0 saturated carbocycles. The van der Waals surface area contributed by atoms with Crippen molar-refractivity contribution >= 4 is 22.5 Å². The van der Waals surface area contributed by atoms with Crippen LogP contribution in [0.4, 0.5) is 4.39 Å². The van der Waals surface area contributed by atoms with Crippen molar-refractivity contribution < 1.29 is 19.0 Å². The van der Waals surface area contributed by atoms with Crippen molar-refractivity contribution in [2.45, 2.75) is 12.8 Å². The van der Waals surface area contributed by atoms with E-state index in [4.69, 9.17) is 4.74 Å². The minimum absolute atomic E-state index is 0.00758. The summed E-state index contributed by atoms with van der Waals surface area (Å²) in [6, 6.07) is 5.89. The Bertz CT molecular complexity index is 1630. The van der Waals surface area contributed by atoms with Crippen LogP contribution >= 0.6 is 0 Å². The van der Waals surface area contributed by atoms with E-state index in [9.17, 15) is 14.3 Å². The third kappa shape index (κ3) is 4.85. The lowest BCUT2D eigenvalue weighted by atomic mass is 10.1. The number of amides is 1. The van der Waals surface area contributed by atoms with Crippen molar-refractivity contribution in [2.24, 2.45) is 0 Å². The van der Waals surface area contributed by atoms with Crippen LogP contribution in [0.25, 0.3) is 33.5 Å². The van der Waals surface area contributed by atoms with E-state index >= 15 is 0 Å². The fourth-order valence-electron chi connectivity index (χ4n) is 4.24. The van der Waals surface area contributed by atoms with Crippen molar-refractivity contribution in [2.75, 3.05) is 34.3 Å². The van der Waals surface area contributed by atoms with Crippen LogP contribution in [0.2, 0.25) is 0 Å². The molecule has 0 radical (unpaired) electrons. The molecule has 0 aliphatic carbocycles. The number of pyridine rings is 1. The summed E-state index contributed by atoms with van der Waals surface area (Å²) in [6.45, 7) is 1.39. The van der Waals surface area contributed by atoms with E-state index in [1.165, 1.54) is 17.9 Å². The number of nitrogens with one attached hydrogen (secondary N) is 1. The molecule has 0 spiro atoms. The van der Waals surface area contributed by atoms with Crippen LogP contribution in [-0.4, -0.2) is 79.6 Å². The zero-order valence-electron chi connectivity index (χ0n) is 21.2. The number of fused-ring (bicyclic) bond motifs is 2. The van der Waals surface area contributed by atoms with Gasteiger partial charge in [0.25, 0.3) is 0 Å². The van der Waals surface area contributed by atoms with Crippen molar-refractivity contribution in [3.05, 3.63) is 60.6 Å². The van der Waals surface area contributed by atoms with Crippen LogP contribution in [0.5, 0.6) is 11.5 Å². The zero-order valence-corrected chi connectivity index (χ0v) is 21.2. The van der Waals surface area contributed by atoms with Gasteiger partial charge in [-0.2, -0.15) is 10.2 Å². The Labute approximate surface area is 217 Å². The first kappa shape index (κ1) is 25.1. The topological polar surface area (TPSA) is 123 Å². The van der Waals surface area contributed by atoms with Gasteiger partial charge in [0.2, 0.25) is 5.91 Å². The van der Waals surface area contributed by atoms with Gasteiger partial charge >= 0.3 is 0 Å². The first-order valence-electron chi connectivity index (χ1n) is 12.0. The molecule has 12 heteroatoms. The molecule has 0 unspecified atom stereocenters. The molecule has 5 aromatic rings. The second-order valence-electron chi connectivity index (χ2n) is 9.05. The molecule has 196 valence electrons. The summed E-state index contributed by atoms with van der Waals surface area (Å²) >= 11 is 0. The molecule has 0 bridgehead atoms. The molecule has 11 nitrogen and oxygen atoms in total. The molecule has 0 saturated heterocycles. The monoisotopic (exact) mass is 518 g/mol. The number of halogens is 1. The average Bonchev–Trinajstić information content (AvgIpc) is 3.49. The maximum atomic E-state index is 14.5. The van der Waals surface area contributed by atoms with E-state index in [2.05, 4.69) is 25.5 Å². The number of carbonyl (C=O) groups excluding carboxylic acids is 1. The van der Waals surface area contributed by atoms with E-state index in [1.54, 1.807) is 41.4 Å². The van der Waals surface area contributed by atoms with Gasteiger partial charge < -0.3 is 20.1 Å². The largest absolute Gasteiger partial charge is 0.505 e. The highest BCUT2D eigenvalue weighted by Crippen LogP contribution is 2.34. The van der Waals surface area contributed by atoms with Crippen LogP contribution < -0.4 is 10.1 Å². The van der Waals surface area contributed by atoms with E-state index in [1.807, 2.05) is 19.0 Å². The van der Waals surface area contributed by atoms with Gasteiger partial charge in [-0.1, -0.05) is 0 Å². The maximum Gasteiger partial charge on any atom is 0.226 e. The number of nitrogens with zero attached hydrogens (tertiary/aromatic N) is 7. The van der Waals surface area contributed by atoms with Crippen molar-refractivity contribution in [3.8, 4) is 28.4 Å². The van der Waals surface area contributed by atoms with E-state index < -0.39 is 11.6 Å². The summed E-state index contributed by atoms with van der Waals surface area (Å²) in [5.74, 6) is -1.34. The summed E-state index contributed by atoms with van der Waals surface area (Å²) in [4.78, 5) is 23.8. The molecule has 0 aliphatic rings. The second-order valence-corrected chi connectivity index (χ2v) is 9.05. The van der Waals surface area contributed by atoms with Crippen molar-refractivity contribution in [3.63, 3.8) is 0 Å². The Morgan fingerprint density at radius 3 is 2.84 bits per heavy atom. The maximum absolute atomic E-state index is 14.5. The highest BCUT2D eigenvalue weighted by molar-refractivity contribution is 5.91. The number of aromatic hydroxyl groups is 1. The van der Waals surface area contributed by atoms with Crippen LogP contribution in [-0.2, 0) is 11.2 Å². The van der Waals surface area contributed by atoms with Gasteiger partial charge in [-0.3, -0.25) is 9.78 Å². The third-order valence-corrected chi connectivity index (χ3v) is 6.11. The number of ether oxygens (including phenoxy) is 1. The molecule has 4 heterocycles. The van der Waals surface area contributed by atoms with E-state index in [0.717, 1.165) is 19.0 Å². The van der Waals surface area contributed by atoms with Gasteiger partial charge in [-0.15, -0.1) is 0 Å². The molecule has 1 aromatic carbocycles. The lowest BCUT2D eigenvalue weighted by Crippen LogP contribution is -2.28. The molecule has 1 amide bonds. The summed E-state index contributed by atoms with van der Waals surface area (Å²) in [6.07, 6.45) is 7.58. The Kier molecular flexibility index (Phi) is 6.88. The number of phenolic OH excluding ortho intramolecular Hbond substituents is 1. The van der Waals surface area contributed by atoms with Crippen LogP contribution in [0, 0.1) is 5.82 Å². The van der Waals surface area contributed by atoms with Gasteiger partial charge in [-0.05, 0) is 39.2 Å². The Balaban J connectivity index is 1.59. The number of rotatable bonds is 9. The molecular formula is C26H27FN8O3. The Morgan fingerprint density at radius 1 is 1.21 bits per heavy atom. The molecule has 0 fully saturated rings. The quantitative estimate of drug-likeness (QED) is 0.286. The van der Waals surface area contributed by atoms with Gasteiger partial charge in [0, 0.05) is 42.7 Å². The smallest absolute Gasteiger partial charge is 0.226 e. The molecule has 2 N–H and O–H groups in total. The zero-order chi connectivity index (χ0) is 26.8. The Hall–Kier alpha value is -4.58. The van der Waals surface area contributed by atoms with Gasteiger partial charge in [-0.25, -0.2) is 18.6 Å². The number of benzene rings is 1. The first-order chi connectivity index (χ1) is 18.4. The standard InChI is InChI=1S/C26H27FN8O3/c1-33(2)8-4-6-28-25(37)12-20-16-14-30-19(17-15-31-34-9-5-7-29-26(17)34)11-21(16)35(32-20)22-10-18(27)23(36)13-24(22)38-3/h5,7,9-11,13-15,36H,4,6,8,12H2,1-3H3,(H,28,37). The summed E-state index contributed by atoms with van der Waals surface area (Å²) < 4.78 is 23.0. The predicted molar refractivity (Wildman–Crippen MR) is 139 cm³/mol. The number of hydrogen-bond donors (Lipinski definition) is 2. The molecule has 5 rings (SSSR count). The predicted octanol–water partition coefficient (Wildman–Crippen LogP) is 2.59. The van der Waals surface area contributed by atoms with Crippen LogP contribution in [0.15, 0.2) is 49.1 Å². The Morgan fingerprint density at radius 2 is 2.05 bits per heavy atom. The van der Waals surface area contributed by atoms with Gasteiger partial charge in [0.05, 0.1) is 42.2 Å². The lowest BCUT2D eigenvalue weighted by molar-refractivity contribution is -0.120. The van der Waals surface area contributed by atoms with Crippen molar-refractivity contribution in [1.29, 1.82) is 0 Å². The minimum atomic E-state index is -0.828. The summed E-state index contributed by atoms with van der Waals surface area (Å²) in [5, 5.41) is 22.4. The highest BCUT2D eigenvalue weighted by Gasteiger charge is 2.21. The normalized spacial score (nSPS) is 11.5. The molecule has 0 aliphatic heterocycles. The average molecular weight is 519 g/mol. The minimum Gasteiger partial charge on any atom is -0.505 e. The van der Waals surface area contributed by atoms with E-state index in [0.29, 0.717) is 40.0 Å². The summed E-state index contributed by atoms with van der Waals surface area (Å²) in [5.41, 5.74) is 3.20. The van der Waals surface area contributed by atoms with Gasteiger partial charge in [0.1, 0.15) is 11.4 Å². The van der Waals surface area contributed by atoms with E-state index in [-0.39, 0.29) is 23.8 Å². The highest BCUT2D eigenvalue weighted by atomic mass is 19.1. The fraction of sp³-hybridized carbons (Fsp3) is 0.269. The summed E-state index contributed by atoms with van der Waals surface area (Å²) in [7, 11) is 5.37. The number of hydrogen-bond acceptors (Lipinski definition) is 8. The number of aromatic nitrogens is 6. The molecular weight excluding hydrogens is 491 g/mol. The lowest BCUT2D eigenvalue weighted by Gasteiger charge is -2.11. The fourth-order valence-corrected chi connectivity index (χ4v) is 4.24. The van der Waals surface area contributed by atoms with Crippen molar-refractivity contribution in [1.82, 2.24) is 39.6 Å². The van der Waals surface area contributed by atoms with Gasteiger partial charge in [0.15, 0.2) is 17.2 Å². The van der Waals surface area contributed by atoms with Crippen LogP contribution in [0.3, 0.4) is 0 Å². The molecule has 4 aromatic heterocycles. The number of methoxy groups -OCH3 is 1. The van der Waals surface area contributed by atoms with Crippen LogP contribution in [0.1, 0.15) is 12.1 Å². The third-order valence-electron chi connectivity index (χ3n) is 6.11. The number of phenols is 1. The SMILES string of the molecule is COc1cc(O)c(F)cc1-n1nc(CC(=O)NCCCN(C)C)c2cnc(-c3cnn4cccnc34)cc21. The molecule has 38 heavy (non-hydrogen) atoms. The number of carbonyl (C=O) groups is 1. The molecule has 0 atom stereocenters. The first-order valence-corrected chi connectivity index (χ1v) is 12.0. The second kappa shape index (κ2) is 10.4.